The molecule has 0 bridgehead atoms. The van der Waals surface area contributed by atoms with E-state index in [0.29, 0.717) is 21.3 Å². The zero-order valence-corrected chi connectivity index (χ0v) is 14.8. The standard InChI is InChI=1S/C17H17Cl2N3O2/c1-11(15-9-12(18)3-8-16(15)19)21-22-17(23)10-20-13-4-6-14(24-2)7-5-13/h3-9,20H,10H2,1-2H3,(H,22,23)/b21-11-. The summed E-state index contributed by atoms with van der Waals surface area (Å²) >= 11 is 12.0. The lowest BCUT2D eigenvalue weighted by atomic mass is 10.1. The number of nitrogens with one attached hydrogen (secondary N) is 2. The molecular weight excluding hydrogens is 349 g/mol. The van der Waals surface area contributed by atoms with Crippen molar-refractivity contribution in [2.24, 2.45) is 5.10 Å². The Morgan fingerprint density at radius 2 is 1.88 bits per heavy atom. The molecule has 0 aliphatic carbocycles. The summed E-state index contributed by atoms with van der Waals surface area (Å²) < 4.78 is 5.07. The van der Waals surface area contributed by atoms with Crippen LogP contribution in [0.2, 0.25) is 10.0 Å². The first kappa shape index (κ1) is 18.1. The molecule has 0 heterocycles. The van der Waals surface area contributed by atoms with E-state index in [1.54, 1.807) is 32.2 Å². The lowest BCUT2D eigenvalue weighted by molar-refractivity contribution is -0.119. The number of hydrogen-bond acceptors (Lipinski definition) is 4. The van der Waals surface area contributed by atoms with Crippen LogP contribution >= 0.6 is 23.2 Å². The van der Waals surface area contributed by atoms with Crippen LogP contribution in [-0.4, -0.2) is 25.3 Å². The number of amides is 1. The molecule has 0 aromatic heterocycles. The van der Waals surface area contributed by atoms with E-state index in [1.165, 1.54) is 0 Å². The van der Waals surface area contributed by atoms with Crippen LogP contribution in [0.4, 0.5) is 5.69 Å². The van der Waals surface area contributed by atoms with Gasteiger partial charge >= 0.3 is 0 Å². The van der Waals surface area contributed by atoms with Crippen molar-refractivity contribution in [3.8, 4) is 5.75 Å². The van der Waals surface area contributed by atoms with E-state index in [0.717, 1.165) is 11.4 Å². The van der Waals surface area contributed by atoms with Gasteiger partial charge in [0.25, 0.3) is 5.91 Å². The van der Waals surface area contributed by atoms with E-state index in [1.807, 2.05) is 24.3 Å². The van der Waals surface area contributed by atoms with Crippen molar-refractivity contribution in [2.75, 3.05) is 19.0 Å². The quantitative estimate of drug-likeness (QED) is 0.601. The molecule has 2 N–H and O–H groups in total. The summed E-state index contributed by atoms with van der Waals surface area (Å²) in [4.78, 5) is 11.9. The van der Waals surface area contributed by atoms with Crippen LogP contribution in [0.5, 0.6) is 5.75 Å². The van der Waals surface area contributed by atoms with Gasteiger partial charge in [-0.25, -0.2) is 5.43 Å². The zero-order valence-electron chi connectivity index (χ0n) is 13.3. The fraction of sp³-hybridized carbons (Fsp3) is 0.176. The highest BCUT2D eigenvalue weighted by Gasteiger charge is 2.06. The first-order chi connectivity index (χ1) is 11.5. The average Bonchev–Trinajstić information content (AvgIpc) is 2.60. The number of anilines is 1. The van der Waals surface area contributed by atoms with Crippen molar-refractivity contribution in [1.82, 2.24) is 5.43 Å². The number of nitrogens with zero attached hydrogens (tertiary/aromatic N) is 1. The number of hydrazone groups is 1. The van der Waals surface area contributed by atoms with E-state index in [-0.39, 0.29) is 12.5 Å². The van der Waals surface area contributed by atoms with Gasteiger partial charge in [-0.15, -0.1) is 0 Å². The summed E-state index contributed by atoms with van der Waals surface area (Å²) in [6.45, 7) is 1.83. The highest BCUT2D eigenvalue weighted by atomic mass is 35.5. The van der Waals surface area contributed by atoms with Crippen LogP contribution in [0.15, 0.2) is 47.6 Å². The number of carbonyl (C=O) groups excluding carboxylic acids is 1. The topological polar surface area (TPSA) is 62.7 Å². The van der Waals surface area contributed by atoms with Crippen molar-refractivity contribution in [1.29, 1.82) is 0 Å². The molecule has 0 aliphatic heterocycles. The first-order valence-electron chi connectivity index (χ1n) is 7.16. The molecule has 2 aromatic carbocycles. The molecule has 0 fully saturated rings. The Hall–Kier alpha value is -2.24. The predicted octanol–water partition coefficient (Wildman–Crippen LogP) is 3.95. The van der Waals surface area contributed by atoms with Gasteiger partial charge in [0.2, 0.25) is 0 Å². The molecule has 2 aromatic rings. The third kappa shape index (κ3) is 5.15. The van der Waals surface area contributed by atoms with Gasteiger partial charge < -0.3 is 10.1 Å². The lowest BCUT2D eigenvalue weighted by Gasteiger charge is -2.08. The average molecular weight is 366 g/mol. The van der Waals surface area contributed by atoms with Gasteiger partial charge in [-0.3, -0.25) is 4.79 Å². The predicted molar refractivity (Wildman–Crippen MR) is 98.3 cm³/mol. The molecule has 5 nitrogen and oxygen atoms in total. The summed E-state index contributed by atoms with van der Waals surface area (Å²) in [5, 5.41) is 8.12. The van der Waals surface area contributed by atoms with Gasteiger partial charge in [-0.05, 0) is 49.4 Å². The van der Waals surface area contributed by atoms with E-state index >= 15 is 0 Å². The monoisotopic (exact) mass is 365 g/mol. The summed E-state index contributed by atoms with van der Waals surface area (Å²) in [7, 11) is 1.60. The van der Waals surface area contributed by atoms with E-state index in [2.05, 4.69) is 15.8 Å². The van der Waals surface area contributed by atoms with E-state index < -0.39 is 0 Å². The van der Waals surface area contributed by atoms with Crippen LogP contribution in [0, 0.1) is 0 Å². The second-order valence-electron chi connectivity index (χ2n) is 4.94. The van der Waals surface area contributed by atoms with Crippen molar-refractivity contribution >= 4 is 40.5 Å². The SMILES string of the molecule is COc1ccc(NCC(=O)N/N=C(/C)c2cc(Cl)ccc2Cl)cc1. The second kappa shape index (κ2) is 8.57. The molecule has 0 atom stereocenters. The highest BCUT2D eigenvalue weighted by molar-refractivity contribution is 6.36. The molecule has 126 valence electrons. The van der Waals surface area contributed by atoms with Gasteiger partial charge in [-0.2, -0.15) is 5.10 Å². The van der Waals surface area contributed by atoms with Gasteiger partial charge in [0.1, 0.15) is 5.75 Å². The molecule has 0 unspecified atom stereocenters. The molecule has 0 spiro atoms. The minimum absolute atomic E-state index is 0.0897. The maximum absolute atomic E-state index is 11.9. The smallest absolute Gasteiger partial charge is 0.259 e. The van der Waals surface area contributed by atoms with Crippen LogP contribution in [0.1, 0.15) is 12.5 Å². The maximum Gasteiger partial charge on any atom is 0.259 e. The number of methoxy groups -OCH3 is 1. The summed E-state index contributed by atoms with van der Waals surface area (Å²) in [6.07, 6.45) is 0. The van der Waals surface area contributed by atoms with Crippen molar-refractivity contribution in [3.63, 3.8) is 0 Å². The van der Waals surface area contributed by atoms with Crippen LogP contribution in [0.25, 0.3) is 0 Å². The van der Waals surface area contributed by atoms with E-state index in [9.17, 15) is 4.79 Å². The Labute approximate surface area is 150 Å². The first-order valence-corrected chi connectivity index (χ1v) is 7.91. The molecule has 1 amide bonds. The number of rotatable bonds is 6. The Morgan fingerprint density at radius 1 is 1.17 bits per heavy atom. The maximum atomic E-state index is 11.9. The fourth-order valence-corrected chi connectivity index (χ4v) is 2.34. The van der Waals surface area contributed by atoms with Crippen LogP contribution in [0.3, 0.4) is 0 Å². The Kier molecular flexibility index (Phi) is 6.46. The lowest BCUT2D eigenvalue weighted by Crippen LogP contribution is -2.26. The number of halogens is 2. The number of carbonyl (C=O) groups is 1. The Morgan fingerprint density at radius 3 is 2.54 bits per heavy atom. The third-order valence-corrected chi connectivity index (χ3v) is 3.77. The minimum atomic E-state index is -0.275. The second-order valence-corrected chi connectivity index (χ2v) is 5.78. The van der Waals surface area contributed by atoms with Gasteiger partial charge in [0, 0.05) is 21.3 Å². The number of benzene rings is 2. The minimum Gasteiger partial charge on any atom is -0.497 e. The summed E-state index contributed by atoms with van der Waals surface area (Å²) in [5.74, 6) is 0.479. The van der Waals surface area contributed by atoms with E-state index in [4.69, 9.17) is 27.9 Å². The molecule has 0 radical (unpaired) electrons. The van der Waals surface area contributed by atoms with Crippen LogP contribution < -0.4 is 15.5 Å². The normalized spacial score (nSPS) is 11.1. The van der Waals surface area contributed by atoms with Gasteiger partial charge in [0.15, 0.2) is 0 Å². The Bertz CT molecular complexity index is 746. The largest absolute Gasteiger partial charge is 0.497 e. The molecular formula is C17H17Cl2N3O2. The summed E-state index contributed by atoms with van der Waals surface area (Å²) in [5.41, 5.74) is 4.53. The van der Waals surface area contributed by atoms with Crippen molar-refractivity contribution in [2.45, 2.75) is 6.92 Å². The van der Waals surface area contributed by atoms with Gasteiger partial charge in [-0.1, -0.05) is 23.2 Å². The highest BCUT2D eigenvalue weighted by Crippen LogP contribution is 2.21. The number of ether oxygens (including phenoxy) is 1. The number of hydrogen-bond donors (Lipinski definition) is 2. The Balaban J connectivity index is 1.90. The molecule has 0 saturated carbocycles. The van der Waals surface area contributed by atoms with Gasteiger partial charge in [0.05, 0.1) is 19.4 Å². The molecule has 2 rings (SSSR count). The fourth-order valence-electron chi connectivity index (χ4n) is 1.91. The van der Waals surface area contributed by atoms with Crippen LogP contribution in [-0.2, 0) is 4.79 Å². The summed E-state index contributed by atoms with van der Waals surface area (Å²) in [6, 6.07) is 12.3. The van der Waals surface area contributed by atoms with Crippen molar-refractivity contribution in [3.05, 3.63) is 58.1 Å². The van der Waals surface area contributed by atoms with Crippen molar-refractivity contribution < 1.29 is 9.53 Å². The molecule has 0 aliphatic rings. The molecule has 7 heteroatoms. The third-order valence-electron chi connectivity index (χ3n) is 3.21. The zero-order chi connectivity index (χ0) is 17.5. The molecule has 0 saturated heterocycles. The molecule has 24 heavy (non-hydrogen) atoms.